The molecule has 1 aliphatic rings. The van der Waals surface area contributed by atoms with Crippen molar-refractivity contribution < 1.29 is 9.59 Å². The summed E-state index contributed by atoms with van der Waals surface area (Å²) in [6.07, 6.45) is 1.48. The highest BCUT2D eigenvalue weighted by atomic mass is 16.1. The van der Waals surface area contributed by atoms with Gasteiger partial charge in [0.2, 0.25) is 11.3 Å². The molecule has 88 valence electrons. The van der Waals surface area contributed by atoms with Gasteiger partial charge in [-0.2, -0.15) is 0 Å². The van der Waals surface area contributed by atoms with E-state index in [9.17, 15) is 14.4 Å². The average Bonchev–Trinajstić information content (AvgIpc) is 2.35. The predicted octanol–water partition coefficient (Wildman–Crippen LogP) is 0.854. The highest BCUT2D eigenvalue weighted by molar-refractivity contribution is 6.27. The third-order valence-electron chi connectivity index (χ3n) is 2.99. The first-order chi connectivity index (χ1) is 8.59. The minimum atomic E-state index is -0.416. The molecule has 0 bridgehead atoms. The SMILES string of the molecule is Cc1ccnc2c1C(=O)c1ccc(=O)[nH]c1C2=O. The highest BCUT2D eigenvalue weighted by Crippen LogP contribution is 2.25. The van der Waals surface area contributed by atoms with E-state index in [1.807, 2.05) is 0 Å². The Morgan fingerprint density at radius 1 is 1.06 bits per heavy atom. The molecule has 0 atom stereocenters. The Bertz CT molecular complexity index is 759. The molecule has 0 unspecified atom stereocenters. The highest BCUT2D eigenvalue weighted by Gasteiger charge is 2.32. The topological polar surface area (TPSA) is 79.9 Å². The number of fused-ring (bicyclic) bond motifs is 2. The van der Waals surface area contributed by atoms with Crippen LogP contribution in [0.3, 0.4) is 0 Å². The van der Waals surface area contributed by atoms with E-state index in [1.54, 1.807) is 13.0 Å². The van der Waals surface area contributed by atoms with Gasteiger partial charge in [-0.15, -0.1) is 0 Å². The van der Waals surface area contributed by atoms with Gasteiger partial charge >= 0.3 is 0 Å². The number of H-pyrrole nitrogens is 1. The van der Waals surface area contributed by atoms with E-state index in [4.69, 9.17) is 0 Å². The van der Waals surface area contributed by atoms with Crippen molar-refractivity contribution in [2.45, 2.75) is 6.92 Å². The van der Waals surface area contributed by atoms with Crippen LogP contribution in [0, 0.1) is 6.92 Å². The van der Waals surface area contributed by atoms with E-state index in [2.05, 4.69) is 9.97 Å². The van der Waals surface area contributed by atoms with Gasteiger partial charge < -0.3 is 4.98 Å². The van der Waals surface area contributed by atoms with Gasteiger partial charge in [0.25, 0.3) is 0 Å². The molecule has 1 N–H and O–H groups in total. The lowest BCUT2D eigenvalue weighted by Crippen LogP contribution is -2.27. The number of ketones is 2. The maximum atomic E-state index is 12.3. The number of carbonyl (C=O) groups is 2. The number of aromatic amines is 1. The second-order valence-corrected chi connectivity index (χ2v) is 4.12. The standard InChI is InChI=1S/C13H8N2O3/c1-6-4-5-14-11-9(6)12(17)7-2-3-8(16)15-10(7)13(11)18/h2-5H,1H3,(H,15,16). The molecule has 0 fully saturated rings. The van der Waals surface area contributed by atoms with Gasteiger partial charge in [0.15, 0.2) is 5.78 Å². The molecule has 2 aromatic rings. The fraction of sp³-hybridized carbons (Fsp3) is 0.0769. The van der Waals surface area contributed by atoms with Crippen LogP contribution in [0.2, 0.25) is 0 Å². The van der Waals surface area contributed by atoms with Gasteiger partial charge in [0.1, 0.15) is 11.4 Å². The van der Waals surface area contributed by atoms with Gasteiger partial charge in [-0.05, 0) is 24.6 Å². The zero-order valence-corrected chi connectivity index (χ0v) is 9.48. The quantitative estimate of drug-likeness (QED) is 0.631. The number of aromatic nitrogens is 2. The molecule has 0 saturated carbocycles. The Hall–Kier alpha value is -2.56. The summed E-state index contributed by atoms with van der Waals surface area (Å²) in [6.45, 7) is 1.75. The first-order valence-corrected chi connectivity index (χ1v) is 5.38. The Balaban J connectivity index is 2.39. The third kappa shape index (κ3) is 1.27. The summed E-state index contributed by atoms with van der Waals surface area (Å²) in [5.41, 5.74) is 0.971. The van der Waals surface area contributed by atoms with Crippen LogP contribution in [0.5, 0.6) is 0 Å². The lowest BCUT2D eigenvalue weighted by Gasteiger charge is -2.17. The molecule has 3 rings (SSSR count). The zero-order valence-electron chi connectivity index (χ0n) is 9.48. The molecule has 0 aliphatic heterocycles. The molecule has 0 radical (unpaired) electrons. The smallest absolute Gasteiger partial charge is 0.248 e. The van der Waals surface area contributed by atoms with E-state index < -0.39 is 11.3 Å². The summed E-state index contributed by atoms with van der Waals surface area (Å²) in [7, 11) is 0. The number of aryl methyl sites for hydroxylation is 1. The van der Waals surface area contributed by atoms with Crippen LogP contribution in [0.1, 0.15) is 37.7 Å². The van der Waals surface area contributed by atoms with Crippen LogP contribution >= 0.6 is 0 Å². The molecule has 5 nitrogen and oxygen atoms in total. The summed E-state index contributed by atoms with van der Waals surface area (Å²) >= 11 is 0. The minimum Gasteiger partial charge on any atom is -0.318 e. The van der Waals surface area contributed by atoms with E-state index in [0.29, 0.717) is 11.1 Å². The molecule has 1 aliphatic carbocycles. The van der Waals surface area contributed by atoms with Crippen molar-refractivity contribution in [1.29, 1.82) is 0 Å². The lowest BCUT2D eigenvalue weighted by atomic mass is 9.88. The van der Waals surface area contributed by atoms with Crippen LogP contribution in [0.4, 0.5) is 0 Å². The molecule has 2 heterocycles. The van der Waals surface area contributed by atoms with E-state index in [1.165, 1.54) is 18.3 Å². The van der Waals surface area contributed by atoms with Crippen molar-refractivity contribution in [1.82, 2.24) is 9.97 Å². The molecule has 18 heavy (non-hydrogen) atoms. The number of carbonyl (C=O) groups excluding carboxylic acids is 2. The Labute approximate surface area is 102 Å². The van der Waals surface area contributed by atoms with Crippen molar-refractivity contribution in [3.05, 3.63) is 62.8 Å². The van der Waals surface area contributed by atoms with Gasteiger partial charge in [-0.25, -0.2) is 0 Å². The maximum absolute atomic E-state index is 12.3. The molecule has 0 saturated heterocycles. The third-order valence-corrected chi connectivity index (χ3v) is 2.99. The van der Waals surface area contributed by atoms with Crippen molar-refractivity contribution in [2.24, 2.45) is 0 Å². The average molecular weight is 240 g/mol. The van der Waals surface area contributed by atoms with Gasteiger partial charge in [0.05, 0.1) is 11.1 Å². The molecule has 2 aromatic heterocycles. The van der Waals surface area contributed by atoms with Crippen molar-refractivity contribution in [3.63, 3.8) is 0 Å². The number of rotatable bonds is 0. The van der Waals surface area contributed by atoms with Crippen molar-refractivity contribution >= 4 is 11.6 Å². The second-order valence-electron chi connectivity index (χ2n) is 4.12. The zero-order chi connectivity index (χ0) is 12.9. The van der Waals surface area contributed by atoms with Crippen molar-refractivity contribution in [2.75, 3.05) is 0 Å². The normalized spacial score (nSPS) is 13.2. The van der Waals surface area contributed by atoms with Crippen LogP contribution in [-0.2, 0) is 0 Å². The summed E-state index contributed by atoms with van der Waals surface area (Å²) in [6, 6.07) is 4.30. The Morgan fingerprint density at radius 2 is 1.83 bits per heavy atom. The number of pyridine rings is 2. The van der Waals surface area contributed by atoms with Gasteiger partial charge in [-0.1, -0.05) is 0 Å². The minimum absolute atomic E-state index is 0.0260. The van der Waals surface area contributed by atoms with E-state index in [0.717, 1.165) is 0 Å². The molecular weight excluding hydrogens is 232 g/mol. The van der Waals surface area contributed by atoms with Gasteiger partial charge in [-0.3, -0.25) is 19.4 Å². The summed E-state index contributed by atoms with van der Waals surface area (Å²) in [4.78, 5) is 42.0. The second kappa shape index (κ2) is 3.46. The molecule has 0 amide bonds. The molecule has 5 heteroatoms. The first kappa shape index (κ1) is 10.6. The fourth-order valence-electron chi connectivity index (χ4n) is 2.11. The monoisotopic (exact) mass is 240 g/mol. The Morgan fingerprint density at radius 3 is 2.61 bits per heavy atom. The number of nitrogens with zero attached hydrogens (tertiary/aromatic N) is 1. The fourth-order valence-corrected chi connectivity index (χ4v) is 2.11. The number of hydrogen-bond acceptors (Lipinski definition) is 4. The van der Waals surface area contributed by atoms with Crippen molar-refractivity contribution in [3.8, 4) is 0 Å². The van der Waals surface area contributed by atoms with Gasteiger partial charge in [0, 0.05) is 12.3 Å². The predicted molar refractivity (Wildman–Crippen MR) is 62.9 cm³/mol. The van der Waals surface area contributed by atoms with E-state index in [-0.39, 0.29) is 22.7 Å². The summed E-state index contributed by atoms with van der Waals surface area (Å²) < 4.78 is 0. The first-order valence-electron chi connectivity index (χ1n) is 5.38. The van der Waals surface area contributed by atoms with E-state index >= 15 is 0 Å². The molecule has 0 aromatic carbocycles. The van der Waals surface area contributed by atoms with Crippen LogP contribution in [0.15, 0.2) is 29.2 Å². The summed E-state index contributed by atoms with van der Waals surface area (Å²) in [5.74, 6) is -0.692. The van der Waals surface area contributed by atoms with Crippen LogP contribution in [0.25, 0.3) is 0 Å². The number of nitrogens with one attached hydrogen (secondary N) is 1. The Kier molecular flexibility index (Phi) is 2.04. The maximum Gasteiger partial charge on any atom is 0.248 e. The lowest BCUT2D eigenvalue weighted by molar-refractivity contribution is 0.0970. The summed E-state index contributed by atoms with van der Waals surface area (Å²) in [5, 5.41) is 0. The molecular formula is C13H8N2O3. The van der Waals surface area contributed by atoms with Crippen LogP contribution < -0.4 is 5.56 Å². The largest absolute Gasteiger partial charge is 0.318 e. The molecule has 0 spiro atoms. The van der Waals surface area contributed by atoms with Crippen LogP contribution in [-0.4, -0.2) is 21.5 Å². The number of hydrogen-bond donors (Lipinski definition) is 1.